The lowest BCUT2D eigenvalue weighted by Crippen LogP contribution is -2.18. The van der Waals surface area contributed by atoms with Gasteiger partial charge in [-0.2, -0.15) is 0 Å². The number of benzene rings is 1. The molecule has 1 aromatic rings. The van der Waals surface area contributed by atoms with Crippen molar-refractivity contribution in [2.75, 3.05) is 10.5 Å². The van der Waals surface area contributed by atoms with Crippen LogP contribution < -0.4 is 4.72 Å². The van der Waals surface area contributed by atoms with E-state index in [2.05, 4.69) is 4.72 Å². The van der Waals surface area contributed by atoms with Crippen LogP contribution in [0.3, 0.4) is 0 Å². The molecule has 0 unspecified atom stereocenters. The van der Waals surface area contributed by atoms with Crippen LogP contribution in [0.1, 0.15) is 12.8 Å². The molecule has 19 heavy (non-hydrogen) atoms. The predicted octanol–water partition coefficient (Wildman–Crippen LogP) is 2.42. The number of anilines is 1. The molecule has 2 rings (SSSR count). The third kappa shape index (κ3) is 4.24. The minimum atomic E-state index is -3.88. The van der Waals surface area contributed by atoms with Crippen LogP contribution in [0.4, 0.5) is 5.69 Å². The molecule has 1 aromatic carbocycles. The molecule has 1 saturated carbocycles. The van der Waals surface area contributed by atoms with Crippen LogP contribution >= 0.6 is 22.3 Å². The first-order valence-corrected chi connectivity index (χ1v) is 9.76. The number of nitrogens with one attached hydrogen (secondary N) is 1. The van der Waals surface area contributed by atoms with Crippen LogP contribution in [0.15, 0.2) is 23.1 Å². The Bertz CT molecular complexity index is 696. The Morgan fingerprint density at radius 2 is 1.84 bits per heavy atom. The molecule has 0 atom stereocenters. The Balaban J connectivity index is 2.22. The molecule has 0 amide bonds. The summed E-state index contributed by atoms with van der Waals surface area (Å²) in [5.74, 6) is 0.262. The van der Waals surface area contributed by atoms with E-state index in [1.807, 2.05) is 0 Å². The van der Waals surface area contributed by atoms with Gasteiger partial charge >= 0.3 is 0 Å². The molecule has 1 N–H and O–H groups in total. The highest BCUT2D eigenvalue weighted by atomic mass is 35.7. The van der Waals surface area contributed by atoms with Crippen LogP contribution in [0.2, 0.25) is 5.02 Å². The van der Waals surface area contributed by atoms with E-state index in [1.165, 1.54) is 12.1 Å². The van der Waals surface area contributed by atoms with Crippen molar-refractivity contribution in [1.29, 1.82) is 0 Å². The quantitative estimate of drug-likeness (QED) is 0.832. The zero-order chi connectivity index (χ0) is 14.3. The lowest BCUT2D eigenvalue weighted by Gasteiger charge is -2.09. The Morgan fingerprint density at radius 3 is 2.32 bits per heavy atom. The molecule has 0 aromatic heterocycles. The van der Waals surface area contributed by atoms with Crippen molar-refractivity contribution in [1.82, 2.24) is 0 Å². The highest BCUT2D eigenvalue weighted by Gasteiger charge is 2.28. The molecular weight excluding hydrogens is 333 g/mol. The minimum Gasteiger partial charge on any atom is -0.282 e. The normalized spacial score (nSPS) is 16.3. The van der Waals surface area contributed by atoms with Gasteiger partial charge in [0.15, 0.2) is 0 Å². The summed E-state index contributed by atoms with van der Waals surface area (Å²) in [7, 11) is -2.18. The van der Waals surface area contributed by atoms with E-state index in [9.17, 15) is 16.8 Å². The van der Waals surface area contributed by atoms with Crippen LogP contribution in [-0.4, -0.2) is 22.6 Å². The highest BCUT2D eigenvalue weighted by Crippen LogP contribution is 2.32. The Morgan fingerprint density at radius 1 is 1.21 bits per heavy atom. The van der Waals surface area contributed by atoms with Crippen molar-refractivity contribution in [2.24, 2.45) is 5.92 Å². The minimum absolute atomic E-state index is 0.0129. The van der Waals surface area contributed by atoms with E-state index in [0.29, 0.717) is 0 Å². The van der Waals surface area contributed by atoms with Gasteiger partial charge in [-0.3, -0.25) is 4.72 Å². The lowest BCUT2D eigenvalue weighted by atomic mass is 10.3. The number of rotatable bonds is 5. The second-order valence-electron chi connectivity index (χ2n) is 4.41. The Kier molecular flexibility index (Phi) is 4.02. The van der Waals surface area contributed by atoms with Crippen LogP contribution in [-0.2, 0) is 19.1 Å². The molecule has 0 radical (unpaired) electrons. The molecule has 0 bridgehead atoms. The van der Waals surface area contributed by atoms with Crippen molar-refractivity contribution in [2.45, 2.75) is 17.7 Å². The van der Waals surface area contributed by atoms with E-state index in [4.69, 9.17) is 22.3 Å². The maximum absolute atomic E-state index is 11.8. The van der Waals surface area contributed by atoms with E-state index < -0.39 is 19.1 Å². The van der Waals surface area contributed by atoms with Gasteiger partial charge in [0.05, 0.1) is 21.4 Å². The van der Waals surface area contributed by atoms with Crippen molar-refractivity contribution in [3.8, 4) is 0 Å². The van der Waals surface area contributed by atoms with Crippen LogP contribution in [0.5, 0.6) is 0 Å². The molecule has 0 spiro atoms. The SMILES string of the molecule is O=S(=O)(CC1CC1)Nc1ccc(S(=O)(=O)Cl)cc1Cl. The number of sulfonamides is 1. The third-order valence-electron chi connectivity index (χ3n) is 2.64. The standard InChI is InChI=1S/C10H11Cl2NO4S2/c11-9-5-8(19(12,16)17)3-4-10(9)13-18(14,15)6-7-1-2-7/h3-5,7,13H,1-2,6H2. The zero-order valence-corrected chi connectivity index (χ0v) is 12.8. The highest BCUT2D eigenvalue weighted by molar-refractivity contribution is 8.13. The van der Waals surface area contributed by atoms with E-state index in [1.54, 1.807) is 0 Å². The molecule has 1 fully saturated rings. The molecular formula is C10H11Cl2NO4S2. The molecule has 1 aliphatic carbocycles. The van der Waals surface area contributed by atoms with Crippen molar-refractivity contribution >= 4 is 47.0 Å². The van der Waals surface area contributed by atoms with Gasteiger partial charge in [0.2, 0.25) is 10.0 Å². The molecule has 5 nitrogen and oxygen atoms in total. The second-order valence-corrected chi connectivity index (χ2v) is 9.15. The van der Waals surface area contributed by atoms with E-state index in [0.717, 1.165) is 18.9 Å². The van der Waals surface area contributed by atoms with Crippen molar-refractivity contribution in [3.63, 3.8) is 0 Å². The summed E-state index contributed by atoms with van der Waals surface area (Å²) in [5, 5.41) is -0.0129. The second kappa shape index (κ2) is 5.12. The summed E-state index contributed by atoms with van der Waals surface area (Å²) in [4.78, 5) is -0.177. The maximum atomic E-state index is 11.8. The average molecular weight is 344 g/mol. The van der Waals surface area contributed by atoms with Gasteiger partial charge in [0.25, 0.3) is 9.05 Å². The fourth-order valence-electron chi connectivity index (χ4n) is 1.53. The topological polar surface area (TPSA) is 80.3 Å². The molecule has 0 aliphatic heterocycles. The van der Waals surface area contributed by atoms with Gasteiger partial charge < -0.3 is 0 Å². The van der Waals surface area contributed by atoms with Crippen molar-refractivity contribution in [3.05, 3.63) is 23.2 Å². The summed E-state index contributed by atoms with van der Waals surface area (Å²) in [6.45, 7) is 0. The van der Waals surface area contributed by atoms with E-state index in [-0.39, 0.29) is 27.3 Å². The fourth-order valence-corrected chi connectivity index (χ4v) is 4.21. The average Bonchev–Trinajstić information content (AvgIpc) is 3.02. The molecule has 0 saturated heterocycles. The Labute approximate surface area is 121 Å². The first-order valence-electron chi connectivity index (χ1n) is 5.42. The van der Waals surface area contributed by atoms with Gasteiger partial charge in [-0.15, -0.1) is 0 Å². The maximum Gasteiger partial charge on any atom is 0.261 e. The molecule has 1 aliphatic rings. The zero-order valence-electron chi connectivity index (χ0n) is 9.64. The summed E-state index contributed by atoms with van der Waals surface area (Å²) < 4.78 is 48.1. The predicted molar refractivity (Wildman–Crippen MR) is 74.6 cm³/mol. The monoisotopic (exact) mass is 343 g/mol. The molecule has 106 valence electrons. The summed E-state index contributed by atoms with van der Waals surface area (Å²) in [5.41, 5.74) is 0.145. The first kappa shape index (κ1) is 14.9. The molecule has 9 heteroatoms. The van der Waals surface area contributed by atoms with Gasteiger partial charge in [-0.05, 0) is 37.0 Å². The number of halogens is 2. The lowest BCUT2D eigenvalue weighted by molar-refractivity contribution is 0.597. The van der Waals surface area contributed by atoms with Crippen LogP contribution in [0, 0.1) is 5.92 Å². The van der Waals surface area contributed by atoms with Gasteiger partial charge in [0.1, 0.15) is 0 Å². The van der Waals surface area contributed by atoms with E-state index >= 15 is 0 Å². The van der Waals surface area contributed by atoms with Gasteiger partial charge in [-0.25, -0.2) is 16.8 Å². The van der Waals surface area contributed by atoms with Gasteiger partial charge in [0, 0.05) is 10.7 Å². The molecule has 0 heterocycles. The van der Waals surface area contributed by atoms with Gasteiger partial charge in [-0.1, -0.05) is 11.6 Å². The Hall–Kier alpha value is -0.500. The van der Waals surface area contributed by atoms with Crippen molar-refractivity contribution < 1.29 is 16.8 Å². The number of hydrogen-bond donors (Lipinski definition) is 1. The van der Waals surface area contributed by atoms with Crippen LogP contribution in [0.25, 0.3) is 0 Å². The fraction of sp³-hybridized carbons (Fsp3) is 0.400. The smallest absolute Gasteiger partial charge is 0.261 e. The number of hydrogen-bond acceptors (Lipinski definition) is 4. The largest absolute Gasteiger partial charge is 0.282 e. The summed E-state index contributed by atoms with van der Waals surface area (Å²) >= 11 is 5.84. The summed E-state index contributed by atoms with van der Waals surface area (Å²) in [6, 6.07) is 3.59. The third-order valence-corrected chi connectivity index (χ3v) is 5.74. The summed E-state index contributed by atoms with van der Waals surface area (Å²) in [6.07, 6.45) is 1.83. The first-order chi connectivity index (χ1) is 8.67.